The number of amides is 2. The van der Waals surface area contributed by atoms with Crippen LogP contribution in [0, 0.1) is 0 Å². The van der Waals surface area contributed by atoms with E-state index >= 15 is 0 Å². The van der Waals surface area contributed by atoms with Gasteiger partial charge in [0.2, 0.25) is 5.91 Å². The van der Waals surface area contributed by atoms with Gasteiger partial charge in [-0.1, -0.05) is 6.07 Å². The van der Waals surface area contributed by atoms with Crippen molar-refractivity contribution in [3.8, 4) is 5.75 Å². The van der Waals surface area contributed by atoms with E-state index in [4.69, 9.17) is 18.9 Å². The zero-order chi connectivity index (χ0) is 19.4. The van der Waals surface area contributed by atoms with Crippen LogP contribution in [0.4, 0.5) is 5.69 Å². The van der Waals surface area contributed by atoms with E-state index < -0.39 is 5.79 Å². The van der Waals surface area contributed by atoms with E-state index in [0.717, 1.165) is 31.5 Å². The minimum absolute atomic E-state index is 0.0933. The fourth-order valence-corrected chi connectivity index (χ4v) is 3.75. The van der Waals surface area contributed by atoms with Gasteiger partial charge < -0.3 is 29.2 Å². The van der Waals surface area contributed by atoms with Gasteiger partial charge in [0.05, 0.1) is 19.8 Å². The fraction of sp³-hybridized carbons (Fsp3) is 0.600. The molecule has 152 valence electrons. The van der Waals surface area contributed by atoms with Crippen molar-refractivity contribution >= 4 is 17.5 Å². The molecule has 0 radical (unpaired) electrons. The minimum Gasteiger partial charge on any atom is -0.484 e. The summed E-state index contributed by atoms with van der Waals surface area (Å²) in [6.45, 7) is 2.74. The molecule has 0 bridgehead atoms. The van der Waals surface area contributed by atoms with Gasteiger partial charge in [-0.2, -0.15) is 0 Å². The highest BCUT2D eigenvalue weighted by atomic mass is 16.7. The van der Waals surface area contributed by atoms with Crippen LogP contribution in [0.2, 0.25) is 0 Å². The number of carbonyl (C=O) groups is 2. The van der Waals surface area contributed by atoms with E-state index in [1.165, 1.54) is 0 Å². The number of nitrogens with one attached hydrogen (secondary N) is 1. The number of hydrogen-bond acceptors (Lipinski definition) is 6. The third-order valence-corrected chi connectivity index (χ3v) is 5.27. The van der Waals surface area contributed by atoms with Crippen LogP contribution in [0.15, 0.2) is 24.3 Å². The van der Waals surface area contributed by atoms with Gasteiger partial charge in [0.1, 0.15) is 11.9 Å². The standard InChI is InChI=1S/C20H26N2O6/c23-18(21-12-17-13-27-20(28-17)6-9-25-10-7-20)14-26-16-4-1-3-15(11-16)22-8-2-5-19(22)24/h1,3-4,11,17H,2,5-10,12-14H2,(H,21,23)/t17-/m1/s1. The maximum Gasteiger partial charge on any atom is 0.258 e. The lowest BCUT2D eigenvalue weighted by Crippen LogP contribution is -2.40. The van der Waals surface area contributed by atoms with Gasteiger partial charge in [0, 0.05) is 44.1 Å². The van der Waals surface area contributed by atoms with Crippen molar-refractivity contribution in [1.29, 1.82) is 0 Å². The highest BCUT2D eigenvalue weighted by Gasteiger charge is 2.42. The molecule has 28 heavy (non-hydrogen) atoms. The molecule has 1 atom stereocenters. The number of benzene rings is 1. The first-order valence-corrected chi connectivity index (χ1v) is 9.83. The molecule has 0 saturated carbocycles. The molecule has 1 N–H and O–H groups in total. The molecule has 0 aliphatic carbocycles. The average molecular weight is 390 g/mol. The number of nitrogens with zero attached hydrogens (tertiary/aromatic N) is 1. The molecule has 0 aromatic heterocycles. The van der Waals surface area contributed by atoms with Crippen LogP contribution in [0.1, 0.15) is 25.7 Å². The molecule has 1 aromatic rings. The van der Waals surface area contributed by atoms with E-state index in [-0.39, 0.29) is 24.5 Å². The van der Waals surface area contributed by atoms with Crippen molar-refractivity contribution in [2.24, 2.45) is 0 Å². The Bertz CT molecular complexity index is 718. The summed E-state index contributed by atoms with van der Waals surface area (Å²) in [5, 5.41) is 2.83. The van der Waals surface area contributed by atoms with Gasteiger partial charge in [-0.3, -0.25) is 9.59 Å². The van der Waals surface area contributed by atoms with Gasteiger partial charge in [-0.05, 0) is 18.6 Å². The maximum absolute atomic E-state index is 12.1. The Morgan fingerprint density at radius 3 is 2.96 bits per heavy atom. The Balaban J connectivity index is 1.21. The molecule has 4 rings (SSSR count). The summed E-state index contributed by atoms with van der Waals surface area (Å²) in [5.41, 5.74) is 0.804. The molecule has 8 nitrogen and oxygen atoms in total. The molecule has 1 spiro atoms. The Labute approximate surface area is 164 Å². The Morgan fingerprint density at radius 1 is 1.32 bits per heavy atom. The van der Waals surface area contributed by atoms with Crippen LogP contribution < -0.4 is 15.0 Å². The van der Waals surface area contributed by atoms with Gasteiger partial charge >= 0.3 is 0 Å². The predicted octanol–water partition coefficient (Wildman–Crippen LogP) is 1.23. The smallest absolute Gasteiger partial charge is 0.258 e. The van der Waals surface area contributed by atoms with E-state index in [9.17, 15) is 9.59 Å². The summed E-state index contributed by atoms with van der Waals surface area (Å²) in [4.78, 5) is 25.7. The van der Waals surface area contributed by atoms with Gasteiger partial charge in [0.25, 0.3) is 5.91 Å². The summed E-state index contributed by atoms with van der Waals surface area (Å²) in [6, 6.07) is 7.27. The number of ether oxygens (including phenoxy) is 4. The second kappa shape index (κ2) is 8.46. The lowest BCUT2D eigenvalue weighted by molar-refractivity contribution is -0.210. The summed E-state index contributed by atoms with van der Waals surface area (Å²) < 4.78 is 22.7. The number of hydrogen-bond donors (Lipinski definition) is 1. The molecule has 3 heterocycles. The quantitative estimate of drug-likeness (QED) is 0.786. The molecule has 1 aromatic carbocycles. The summed E-state index contributed by atoms with van der Waals surface area (Å²) in [5.74, 6) is -0.0819. The average Bonchev–Trinajstić information content (AvgIpc) is 3.32. The third-order valence-electron chi connectivity index (χ3n) is 5.27. The largest absolute Gasteiger partial charge is 0.484 e. The first kappa shape index (κ1) is 19.2. The fourth-order valence-electron chi connectivity index (χ4n) is 3.75. The van der Waals surface area contributed by atoms with E-state index in [2.05, 4.69) is 5.32 Å². The molecule has 8 heteroatoms. The monoisotopic (exact) mass is 390 g/mol. The second-order valence-electron chi connectivity index (χ2n) is 7.31. The number of rotatable bonds is 6. The topological polar surface area (TPSA) is 86.3 Å². The Morgan fingerprint density at radius 2 is 2.18 bits per heavy atom. The minimum atomic E-state index is -0.544. The second-order valence-corrected chi connectivity index (χ2v) is 7.31. The van der Waals surface area contributed by atoms with Crippen LogP contribution in [0.3, 0.4) is 0 Å². The van der Waals surface area contributed by atoms with Crippen LogP contribution in [0.25, 0.3) is 0 Å². The lowest BCUT2D eigenvalue weighted by Gasteiger charge is -2.31. The summed E-state index contributed by atoms with van der Waals surface area (Å²) in [7, 11) is 0. The Kier molecular flexibility index (Phi) is 5.79. The van der Waals surface area contributed by atoms with Crippen molar-refractivity contribution in [1.82, 2.24) is 5.32 Å². The summed E-state index contributed by atoms with van der Waals surface area (Å²) >= 11 is 0. The third kappa shape index (κ3) is 4.45. The molecule has 0 unspecified atom stereocenters. The van der Waals surface area contributed by atoms with Crippen molar-refractivity contribution < 1.29 is 28.5 Å². The molecular formula is C20H26N2O6. The lowest BCUT2D eigenvalue weighted by atomic mass is 10.1. The van der Waals surface area contributed by atoms with Crippen molar-refractivity contribution in [3.63, 3.8) is 0 Å². The summed E-state index contributed by atoms with van der Waals surface area (Å²) in [6.07, 6.45) is 2.72. The molecule has 3 aliphatic rings. The van der Waals surface area contributed by atoms with Crippen LogP contribution >= 0.6 is 0 Å². The predicted molar refractivity (Wildman–Crippen MR) is 100 cm³/mol. The van der Waals surface area contributed by atoms with Crippen molar-refractivity contribution in [2.45, 2.75) is 37.6 Å². The zero-order valence-corrected chi connectivity index (χ0v) is 15.9. The molecule has 2 amide bonds. The van der Waals surface area contributed by atoms with E-state index in [1.807, 2.05) is 12.1 Å². The first-order chi connectivity index (χ1) is 13.6. The van der Waals surface area contributed by atoms with Crippen molar-refractivity contribution in [2.75, 3.05) is 44.4 Å². The first-order valence-electron chi connectivity index (χ1n) is 9.83. The highest BCUT2D eigenvalue weighted by molar-refractivity contribution is 5.95. The van der Waals surface area contributed by atoms with Crippen LogP contribution in [-0.2, 0) is 23.8 Å². The van der Waals surface area contributed by atoms with Crippen LogP contribution in [-0.4, -0.2) is 63.2 Å². The molecular weight excluding hydrogens is 364 g/mol. The molecule has 3 fully saturated rings. The normalized spacial score (nSPS) is 23.9. The van der Waals surface area contributed by atoms with Crippen LogP contribution in [0.5, 0.6) is 5.75 Å². The van der Waals surface area contributed by atoms with Crippen molar-refractivity contribution in [3.05, 3.63) is 24.3 Å². The van der Waals surface area contributed by atoms with Gasteiger partial charge in [-0.25, -0.2) is 0 Å². The van der Waals surface area contributed by atoms with E-state index in [0.29, 0.717) is 38.5 Å². The number of anilines is 1. The van der Waals surface area contributed by atoms with Gasteiger partial charge in [-0.15, -0.1) is 0 Å². The maximum atomic E-state index is 12.1. The SMILES string of the molecule is O=C(COc1cccc(N2CCCC2=O)c1)NC[C@@H]1COC2(CCOCC2)O1. The Hall–Kier alpha value is -2.16. The van der Waals surface area contributed by atoms with E-state index in [1.54, 1.807) is 17.0 Å². The molecule has 3 aliphatic heterocycles. The highest BCUT2D eigenvalue weighted by Crippen LogP contribution is 2.33. The zero-order valence-electron chi connectivity index (χ0n) is 15.9. The van der Waals surface area contributed by atoms with Gasteiger partial charge in [0.15, 0.2) is 12.4 Å². The number of carbonyl (C=O) groups excluding carboxylic acids is 2. The molecule has 3 saturated heterocycles.